The van der Waals surface area contributed by atoms with Crippen molar-refractivity contribution in [3.05, 3.63) is 29.8 Å². The van der Waals surface area contributed by atoms with Crippen molar-refractivity contribution in [2.24, 2.45) is 5.92 Å². The predicted octanol–water partition coefficient (Wildman–Crippen LogP) is 2.90. The van der Waals surface area contributed by atoms with E-state index in [0.717, 1.165) is 62.8 Å². The van der Waals surface area contributed by atoms with Gasteiger partial charge in [0.2, 0.25) is 5.91 Å². The normalized spacial score (nSPS) is 18.2. The van der Waals surface area contributed by atoms with Gasteiger partial charge in [-0.3, -0.25) is 28.9 Å². The van der Waals surface area contributed by atoms with Crippen LogP contribution in [-0.2, 0) is 24.0 Å². The number of carboxylic acids is 4. The molecule has 0 unspecified atom stereocenters. The Hall–Kier alpha value is -4.17. The average Bonchev–Trinajstić information content (AvgIpc) is 3.01. The molecule has 5 N–H and O–H groups in total. The van der Waals surface area contributed by atoms with Crippen LogP contribution in [0.15, 0.2) is 24.3 Å². The highest BCUT2D eigenvalue weighted by molar-refractivity contribution is 5.92. The SMILES string of the molecule is COc1cc(/C=C/C(=O)N[C@H]2CC[C@H](C)CC2)ccc1OCCN1CCN(C)CC1.O=C(O)CCC(=O)O.O=C(O)CCC(=O)O. The van der Waals surface area contributed by atoms with Crippen molar-refractivity contribution in [1.29, 1.82) is 0 Å². The zero-order valence-electron chi connectivity index (χ0n) is 27.0. The third-order valence-corrected chi connectivity index (χ3v) is 7.34. The van der Waals surface area contributed by atoms with E-state index in [4.69, 9.17) is 29.9 Å². The largest absolute Gasteiger partial charge is 0.493 e. The molecule has 0 aromatic heterocycles. The number of aliphatic carboxylic acids is 4. The number of benzene rings is 1. The topological polar surface area (TPSA) is 203 Å². The van der Waals surface area contributed by atoms with E-state index in [1.807, 2.05) is 24.3 Å². The van der Waals surface area contributed by atoms with Gasteiger partial charge in [-0.05, 0) is 62.4 Å². The average molecular weight is 652 g/mol. The van der Waals surface area contributed by atoms with Crippen molar-refractivity contribution >= 4 is 35.9 Å². The van der Waals surface area contributed by atoms with Crippen molar-refractivity contribution in [1.82, 2.24) is 15.1 Å². The Morgan fingerprint density at radius 1 is 0.826 bits per heavy atom. The molecule has 0 spiro atoms. The molecule has 0 bridgehead atoms. The van der Waals surface area contributed by atoms with Crippen molar-refractivity contribution in [2.75, 3.05) is 53.5 Å². The van der Waals surface area contributed by atoms with E-state index in [1.54, 1.807) is 13.2 Å². The minimum atomic E-state index is -1.08. The lowest BCUT2D eigenvalue weighted by atomic mass is 9.87. The van der Waals surface area contributed by atoms with Gasteiger partial charge in [-0.25, -0.2) is 0 Å². The Morgan fingerprint density at radius 2 is 1.35 bits per heavy atom. The molecule has 1 saturated carbocycles. The van der Waals surface area contributed by atoms with E-state index in [0.29, 0.717) is 18.4 Å². The fourth-order valence-corrected chi connectivity index (χ4v) is 4.52. The lowest BCUT2D eigenvalue weighted by molar-refractivity contribution is -0.143. The van der Waals surface area contributed by atoms with Crippen LogP contribution in [0.5, 0.6) is 11.5 Å². The Labute approximate surface area is 270 Å². The van der Waals surface area contributed by atoms with E-state index >= 15 is 0 Å². The molecule has 14 nitrogen and oxygen atoms in total. The number of hydrogen-bond acceptors (Lipinski definition) is 9. The van der Waals surface area contributed by atoms with E-state index in [2.05, 4.69) is 29.1 Å². The number of nitrogens with zero attached hydrogens (tertiary/aromatic N) is 2. The molecule has 1 aliphatic heterocycles. The van der Waals surface area contributed by atoms with Gasteiger partial charge in [0.25, 0.3) is 0 Å². The Kier molecular flexibility index (Phi) is 19.4. The van der Waals surface area contributed by atoms with Gasteiger partial charge in [-0.1, -0.05) is 13.0 Å². The summed E-state index contributed by atoms with van der Waals surface area (Å²) in [6, 6.07) is 6.10. The fraction of sp³-hybridized carbons (Fsp3) is 0.594. The van der Waals surface area contributed by atoms with Gasteiger partial charge in [-0.15, -0.1) is 0 Å². The quantitative estimate of drug-likeness (QED) is 0.184. The third kappa shape index (κ3) is 19.3. The molecule has 2 aliphatic rings. The molecule has 1 aliphatic carbocycles. The van der Waals surface area contributed by atoms with Crippen LogP contribution in [0.25, 0.3) is 6.08 Å². The molecule has 1 aromatic rings. The molecule has 1 aromatic carbocycles. The zero-order chi connectivity index (χ0) is 34.5. The molecule has 0 atom stereocenters. The van der Waals surface area contributed by atoms with Crippen molar-refractivity contribution < 1.29 is 53.9 Å². The standard InChI is InChI=1S/C24H37N3O3.2C4H6O4/c1-19-4-8-21(9-5-19)25-24(28)11-7-20-6-10-22(23(18-20)29-3)30-17-16-27-14-12-26(2)13-15-27;2*5-3(6)1-2-4(7)8/h6-7,10-11,18-19,21H,4-5,8-9,12-17H2,1-3H3,(H,25,28);2*1-2H2,(H,5,6)(H,7,8)/b11-7+;;/t19-,21-;;. The molecule has 46 heavy (non-hydrogen) atoms. The maximum Gasteiger partial charge on any atom is 0.303 e. The highest BCUT2D eigenvalue weighted by Gasteiger charge is 2.19. The second kappa shape index (κ2) is 22.4. The fourth-order valence-electron chi connectivity index (χ4n) is 4.52. The number of piperazine rings is 1. The smallest absolute Gasteiger partial charge is 0.303 e. The third-order valence-electron chi connectivity index (χ3n) is 7.34. The van der Waals surface area contributed by atoms with Gasteiger partial charge in [0, 0.05) is 44.8 Å². The second-order valence-electron chi connectivity index (χ2n) is 11.3. The van der Waals surface area contributed by atoms with Crippen LogP contribution in [0.4, 0.5) is 0 Å². The van der Waals surface area contributed by atoms with E-state index in [-0.39, 0.29) is 31.6 Å². The number of ether oxygens (including phenoxy) is 2. The molecule has 1 heterocycles. The summed E-state index contributed by atoms with van der Waals surface area (Å²) >= 11 is 0. The first kappa shape index (κ1) is 39.9. The van der Waals surface area contributed by atoms with Gasteiger partial charge in [0.05, 0.1) is 32.8 Å². The number of methoxy groups -OCH3 is 1. The van der Waals surface area contributed by atoms with Crippen molar-refractivity contribution in [3.8, 4) is 11.5 Å². The number of hydrogen-bond donors (Lipinski definition) is 5. The van der Waals surface area contributed by atoms with Crippen LogP contribution in [0.3, 0.4) is 0 Å². The molecule has 3 rings (SSSR count). The minimum Gasteiger partial charge on any atom is -0.493 e. The van der Waals surface area contributed by atoms with E-state index in [1.165, 1.54) is 12.8 Å². The van der Waals surface area contributed by atoms with Gasteiger partial charge < -0.3 is 40.1 Å². The lowest BCUT2D eigenvalue weighted by Crippen LogP contribution is -2.45. The highest BCUT2D eigenvalue weighted by Crippen LogP contribution is 2.28. The molecule has 1 saturated heterocycles. The van der Waals surface area contributed by atoms with E-state index < -0.39 is 23.9 Å². The maximum absolute atomic E-state index is 12.2. The van der Waals surface area contributed by atoms with Gasteiger partial charge in [0.1, 0.15) is 6.61 Å². The number of carbonyl (C=O) groups excluding carboxylic acids is 1. The molecule has 0 radical (unpaired) electrons. The number of rotatable bonds is 14. The van der Waals surface area contributed by atoms with Crippen molar-refractivity contribution in [2.45, 2.75) is 64.3 Å². The zero-order valence-corrected chi connectivity index (χ0v) is 27.0. The number of carboxylic acid groups (broad SMARTS) is 4. The van der Waals surface area contributed by atoms with Crippen LogP contribution >= 0.6 is 0 Å². The van der Waals surface area contributed by atoms with Crippen LogP contribution in [-0.4, -0.2) is 120 Å². The first-order valence-corrected chi connectivity index (χ1v) is 15.4. The lowest BCUT2D eigenvalue weighted by Gasteiger charge is -2.32. The number of nitrogens with one attached hydrogen (secondary N) is 1. The van der Waals surface area contributed by atoms with Gasteiger partial charge in [-0.2, -0.15) is 0 Å². The summed E-state index contributed by atoms with van der Waals surface area (Å²) < 4.78 is 11.5. The molecular formula is C32H49N3O11. The molecule has 14 heteroatoms. The summed E-state index contributed by atoms with van der Waals surface area (Å²) in [5, 5.41) is 34.7. The minimum absolute atomic E-state index is 0.0268. The number of carbonyl (C=O) groups is 5. The van der Waals surface area contributed by atoms with Crippen LogP contribution < -0.4 is 14.8 Å². The summed E-state index contributed by atoms with van der Waals surface area (Å²) in [7, 11) is 3.81. The monoisotopic (exact) mass is 651 g/mol. The van der Waals surface area contributed by atoms with Gasteiger partial charge >= 0.3 is 23.9 Å². The number of likely N-dealkylation sites (N-methyl/N-ethyl adjacent to an activating group) is 1. The Bertz CT molecular complexity index is 1090. The first-order chi connectivity index (χ1) is 21.8. The number of amides is 1. The van der Waals surface area contributed by atoms with Gasteiger partial charge in [0.15, 0.2) is 11.5 Å². The summed E-state index contributed by atoms with van der Waals surface area (Å²) in [4.78, 5) is 55.6. The molecular weight excluding hydrogens is 602 g/mol. The predicted molar refractivity (Wildman–Crippen MR) is 170 cm³/mol. The molecule has 258 valence electrons. The first-order valence-electron chi connectivity index (χ1n) is 15.4. The van der Waals surface area contributed by atoms with Crippen LogP contribution in [0.2, 0.25) is 0 Å². The second-order valence-corrected chi connectivity index (χ2v) is 11.3. The Morgan fingerprint density at radius 3 is 1.83 bits per heavy atom. The molecule has 2 fully saturated rings. The van der Waals surface area contributed by atoms with Crippen molar-refractivity contribution in [3.63, 3.8) is 0 Å². The van der Waals surface area contributed by atoms with E-state index in [9.17, 15) is 24.0 Å². The summed E-state index contributed by atoms with van der Waals surface area (Å²) in [6.45, 7) is 8.22. The molecule has 1 amide bonds. The summed E-state index contributed by atoms with van der Waals surface area (Å²) in [5.74, 6) is -2.12. The summed E-state index contributed by atoms with van der Waals surface area (Å²) in [5.41, 5.74) is 0.922. The highest BCUT2D eigenvalue weighted by atomic mass is 16.5. The van der Waals surface area contributed by atoms with Crippen LogP contribution in [0.1, 0.15) is 63.9 Å². The maximum atomic E-state index is 12.2. The Balaban J connectivity index is 0.000000545. The van der Waals surface area contributed by atoms with Crippen LogP contribution in [0, 0.1) is 5.92 Å². The summed E-state index contributed by atoms with van der Waals surface area (Å²) in [6.07, 6.45) is 6.81.